The molecule has 1 aliphatic carbocycles. The van der Waals surface area contributed by atoms with Crippen molar-refractivity contribution >= 4 is 17.3 Å². The number of rotatable bonds is 5. The maximum atomic E-state index is 11.7. The Hall–Kier alpha value is -2.04. The fraction of sp³-hybridized carbons (Fsp3) is 0.500. The van der Waals surface area contributed by atoms with Crippen LogP contribution in [0.2, 0.25) is 0 Å². The smallest absolute Gasteiger partial charge is 0.259 e. The molecule has 0 aromatic heterocycles. The van der Waals surface area contributed by atoms with Gasteiger partial charge in [-0.2, -0.15) is 5.10 Å². The molecule has 2 N–H and O–H groups in total. The Morgan fingerprint density at radius 2 is 1.95 bits per heavy atom. The largest absolute Gasteiger partial charge is 0.497 e. The molecule has 21 heavy (non-hydrogen) atoms. The van der Waals surface area contributed by atoms with Crippen LogP contribution in [0, 0.1) is 5.92 Å². The van der Waals surface area contributed by atoms with Crippen molar-refractivity contribution in [3.63, 3.8) is 0 Å². The number of hydrogen-bond donors (Lipinski definition) is 2. The van der Waals surface area contributed by atoms with Crippen LogP contribution in [0.4, 0.5) is 5.69 Å². The van der Waals surface area contributed by atoms with E-state index in [-0.39, 0.29) is 12.5 Å². The molecule has 1 aromatic rings. The Kier molecular flexibility index (Phi) is 5.60. The molecule has 5 heteroatoms. The number of nitrogens with one attached hydrogen (secondary N) is 2. The molecule has 0 saturated heterocycles. The number of benzene rings is 1. The minimum Gasteiger partial charge on any atom is -0.497 e. The van der Waals surface area contributed by atoms with E-state index in [0.29, 0.717) is 0 Å². The van der Waals surface area contributed by atoms with Crippen LogP contribution in [0.5, 0.6) is 5.75 Å². The summed E-state index contributed by atoms with van der Waals surface area (Å²) in [6.45, 7) is 2.47. The lowest BCUT2D eigenvalue weighted by Crippen LogP contribution is -2.27. The first kappa shape index (κ1) is 15.4. The van der Waals surface area contributed by atoms with Gasteiger partial charge in [0, 0.05) is 11.4 Å². The quantitative estimate of drug-likeness (QED) is 0.819. The van der Waals surface area contributed by atoms with E-state index in [1.54, 1.807) is 7.11 Å². The monoisotopic (exact) mass is 289 g/mol. The average Bonchev–Trinajstić information content (AvgIpc) is 2.53. The predicted octanol–water partition coefficient (Wildman–Crippen LogP) is 2.79. The standard InChI is InChI=1S/C16H23N3O2/c1-12-3-5-14(6-4-12)18-19-16(20)11-17-13-7-9-15(21-2)10-8-13/h7-10,12,17H,3-6,11H2,1-2H3,(H,19,20). The Labute approximate surface area is 125 Å². The molecule has 1 saturated carbocycles. The van der Waals surface area contributed by atoms with Crippen LogP contribution < -0.4 is 15.5 Å². The highest BCUT2D eigenvalue weighted by molar-refractivity contribution is 5.87. The molecule has 2 rings (SSSR count). The molecule has 0 radical (unpaired) electrons. The number of hydrogen-bond acceptors (Lipinski definition) is 4. The number of carbonyl (C=O) groups is 1. The lowest BCUT2D eigenvalue weighted by atomic mass is 9.90. The summed E-state index contributed by atoms with van der Waals surface area (Å²) in [4.78, 5) is 11.7. The van der Waals surface area contributed by atoms with E-state index in [9.17, 15) is 4.79 Å². The Balaban J connectivity index is 1.73. The van der Waals surface area contributed by atoms with Gasteiger partial charge in [-0.25, -0.2) is 5.43 Å². The van der Waals surface area contributed by atoms with Gasteiger partial charge in [-0.1, -0.05) is 6.92 Å². The minimum absolute atomic E-state index is 0.128. The van der Waals surface area contributed by atoms with Crippen LogP contribution in [0.15, 0.2) is 29.4 Å². The Morgan fingerprint density at radius 3 is 2.57 bits per heavy atom. The molecule has 1 aromatic carbocycles. The predicted molar refractivity (Wildman–Crippen MR) is 84.7 cm³/mol. The van der Waals surface area contributed by atoms with Crippen molar-refractivity contribution in [1.82, 2.24) is 5.43 Å². The zero-order valence-corrected chi connectivity index (χ0v) is 12.7. The molecule has 1 aliphatic rings. The van der Waals surface area contributed by atoms with Crippen LogP contribution in [0.25, 0.3) is 0 Å². The molecule has 0 heterocycles. The zero-order chi connectivity index (χ0) is 15.1. The molecule has 1 fully saturated rings. The summed E-state index contributed by atoms with van der Waals surface area (Å²) < 4.78 is 5.08. The maximum absolute atomic E-state index is 11.7. The van der Waals surface area contributed by atoms with Crippen LogP contribution in [-0.2, 0) is 4.79 Å². The lowest BCUT2D eigenvalue weighted by Gasteiger charge is -2.18. The van der Waals surface area contributed by atoms with Crippen molar-refractivity contribution in [3.05, 3.63) is 24.3 Å². The van der Waals surface area contributed by atoms with Crippen LogP contribution in [-0.4, -0.2) is 25.3 Å². The molecule has 0 unspecified atom stereocenters. The summed E-state index contributed by atoms with van der Waals surface area (Å²) in [5.74, 6) is 1.44. The summed E-state index contributed by atoms with van der Waals surface area (Å²) in [7, 11) is 1.63. The second-order valence-corrected chi connectivity index (χ2v) is 5.48. The SMILES string of the molecule is COc1ccc(NCC(=O)NN=C2CCC(C)CC2)cc1. The van der Waals surface area contributed by atoms with Crippen LogP contribution in [0.3, 0.4) is 0 Å². The van der Waals surface area contributed by atoms with Crippen LogP contribution in [0.1, 0.15) is 32.6 Å². The van der Waals surface area contributed by atoms with Gasteiger partial charge in [-0.15, -0.1) is 0 Å². The molecular weight excluding hydrogens is 266 g/mol. The molecule has 114 valence electrons. The fourth-order valence-corrected chi connectivity index (χ4v) is 2.28. The van der Waals surface area contributed by atoms with Gasteiger partial charge in [0.2, 0.25) is 0 Å². The van der Waals surface area contributed by atoms with Gasteiger partial charge in [0.05, 0.1) is 13.7 Å². The van der Waals surface area contributed by atoms with Gasteiger partial charge in [-0.3, -0.25) is 4.79 Å². The second-order valence-electron chi connectivity index (χ2n) is 5.48. The van der Waals surface area contributed by atoms with E-state index in [1.807, 2.05) is 24.3 Å². The minimum atomic E-state index is -0.128. The van der Waals surface area contributed by atoms with Crippen molar-refractivity contribution in [2.24, 2.45) is 11.0 Å². The summed E-state index contributed by atoms with van der Waals surface area (Å²) in [5.41, 5.74) is 4.60. The number of amides is 1. The first-order valence-corrected chi connectivity index (χ1v) is 7.39. The summed E-state index contributed by atoms with van der Waals surface area (Å²) in [6, 6.07) is 7.45. The van der Waals surface area contributed by atoms with E-state index < -0.39 is 0 Å². The van der Waals surface area contributed by atoms with Gasteiger partial charge in [0.25, 0.3) is 5.91 Å². The summed E-state index contributed by atoms with van der Waals surface area (Å²) >= 11 is 0. The summed E-state index contributed by atoms with van der Waals surface area (Å²) in [5, 5.41) is 7.27. The Bertz CT molecular complexity index is 487. The highest BCUT2D eigenvalue weighted by Gasteiger charge is 2.13. The topological polar surface area (TPSA) is 62.7 Å². The van der Waals surface area contributed by atoms with Crippen molar-refractivity contribution in [2.75, 3.05) is 19.0 Å². The van der Waals surface area contributed by atoms with Crippen molar-refractivity contribution in [3.8, 4) is 5.75 Å². The van der Waals surface area contributed by atoms with E-state index in [1.165, 1.54) is 12.8 Å². The van der Waals surface area contributed by atoms with Gasteiger partial charge in [0.1, 0.15) is 5.75 Å². The molecule has 1 amide bonds. The lowest BCUT2D eigenvalue weighted by molar-refractivity contribution is -0.119. The first-order valence-electron chi connectivity index (χ1n) is 7.39. The number of nitrogens with zero attached hydrogens (tertiary/aromatic N) is 1. The van der Waals surface area contributed by atoms with Crippen molar-refractivity contribution in [1.29, 1.82) is 0 Å². The van der Waals surface area contributed by atoms with E-state index in [4.69, 9.17) is 4.74 Å². The molecular formula is C16H23N3O2. The third-order valence-electron chi connectivity index (χ3n) is 3.73. The van der Waals surface area contributed by atoms with Gasteiger partial charge in [-0.05, 0) is 55.9 Å². The van der Waals surface area contributed by atoms with Gasteiger partial charge in [0.15, 0.2) is 0 Å². The molecule has 0 bridgehead atoms. The number of hydrazone groups is 1. The van der Waals surface area contributed by atoms with Crippen LogP contribution >= 0.6 is 0 Å². The highest BCUT2D eigenvalue weighted by Crippen LogP contribution is 2.21. The molecule has 5 nitrogen and oxygen atoms in total. The zero-order valence-electron chi connectivity index (χ0n) is 12.7. The van der Waals surface area contributed by atoms with Gasteiger partial charge < -0.3 is 10.1 Å². The number of ether oxygens (including phenoxy) is 1. The third kappa shape index (κ3) is 5.10. The van der Waals surface area contributed by atoms with E-state index in [0.717, 1.165) is 35.9 Å². The van der Waals surface area contributed by atoms with Crippen molar-refractivity contribution in [2.45, 2.75) is 32.6 Å². The maximum Gasteiger partial charge on any atom is 0.259 e. The van der Waals surface area contributed by atoms with Crippen molar-refractivity contribution < 1.29 is 9.53 Å². The second kappa shape index (κ2) is 7.67. The normalized spacial score (nSPS) is 18.0. The fourth-order valence-electron chi connectivity index (χ4n) is 2.28. The molecule has 0 atom stereocenters. The first-order chi connectivity index (χ1) is 10.2. The Morgan fingerprint density at radius 1 is 1.29 bits per heavy atom. The highest BCUT2D eigenvalue weighted by atomic mass is 16.5. The van der Waals surface area contributed by atoms with E-state index >= 15 is 0 Å². The van der Waals surface area contributed by atoms with Gasteiger partial charge >= 0.3 is 0 Å². The summed E-state index contributed by atoms with van der Waals surface area (Å²) in [6.07, 6.45) is 4.32. The number of carbonyl (C=O) groups excluding carboxylic acids is 1. The molecule has 0 spiro atoms. The third-order valence-corrected chi connectivity index (χ3v) is 3.73. The van der Waals surface area contributed by atoms with E-state index in [2.05, 4.69) is 22.8 Å². The average molecular weight is 289 g/mol. The molecule has 0 aliphatic heterocycles. The number of anilines is 1. The number of methoxy groups -OCH3 is 1.